The highest BCUT2D eigenvalue weighted by molar-refractivity contribution is 7.89. The first kappa shape index (κ1) is 16.3. The molecule has 0 aromatic heterocycles. The number of aliphatic hydroxyl groups excluding tert-OH is 1. The largest absolute Gasteiger partial charge is 0.392 e. The smallest absolute Gasteiger partial charge is 0.217 e. The van der Waals surface area contributed by atoms with Gasteiger partial charge < -0.3 is 9.84 Å². The van der Waals surface area contributed by atoms with Gasteiger partial charge in [-0.05, 0) is 24.6 Å². The highest BCUT2D eigenvalue weighted by atomic mass is 32.2. The third-order valence-electron chi connectivity index (χ3n) is 3.45. The van der Waals surface area contributed by atoms with Crippen LogP contribution in [-0.4, -0.2) is 49.9 Å². The Bertz CT molecular complexity index is 608. The topological polar surface area (TPSA) is 66.8 Å². The minimum absolute atomic E-state index is 0.00667. The molecule has 1 aliphatic heterocycles. The average Bonchev–Trinajstić information content (AvgIpc) is 2.82. The lowest BCUT2D eigenvalue weighted by molar-refractivity contribution is 0.188. The van der Waals surface area contributed by atoms with E-state index in [9.17, 15) is 22.3 Å². The zero-order valence-corrected chi connectivity index (χ0v) is 12.3. The first-order chi connectivity index (χ1) is 9.85. The molecule has 1 aromatic rings. The van der Waals surface area contributed by atoms with Crippen molar-refractivity contribution >= 4 is 10.0 Å². The second kappa shape index (κ2) is 6.35. The fourth-order valence-corrected chi connectivity index (χ4v) is 4.05. The van der Waals surface area contributed by atoms with Crippen LogP contribution in [0.15, 0.2) is 18.2 Å². The zero-order chi connectivity index (χ0) is 15.6. The summed E-state index contributed by atoms with van der Waals surface area (Å²) in [5, 5.41) is 9.73. The van der Waals surface area contributed by atoms with Crippen LogP contribution in [0.25, 0.3) is 0 Å². The highest BCUT2D eigenvalue weighted by Gasteiger charge is 2.40. The molecule has 0 saturated carbocycles. The average molecular weight is 321 g/mol. The van der Waals surface area contributed by atoms with E-state index in [1.165, 1.54) is 7.11 Å². The van der Waals surface area contributed by atoms with Gasteiger partial charge in [0.1, 0.15) is 11.6 Å². The van der Waals surface area contributed by atoms with Gasteiger partial charge >= 0.3 is 0 Å². The normalized spacial score (nSPS) is 23.6. The van der Waals surface area contributed by atoms with E-state index in [1.807, 2.05) is 0 Å². The van der Waals surface area contributed by atoms with Gasteiger partial charge in [0.05, 0.1) is 24.5 Å². The van der Waals surface area contributed by atoms with Crippen molar-refractivity contribution in [3.63, 3.8) is 0 Å². The fourth-order valence-electron chi connectivity index (χ4n) is 2.45. The van der Waals surface area contributed by atoms with Crippen LogP contribution in [-0.2, 0) is 14.8 Å². The first-order valence-corrected chi connectivity index (χ1v) is 8.07. The van der Waals surface area contributed by atoms with Gasteiger partial charge in [-0.15, -0.1) is 0 Å². The Balaban J connectivity index is 2.35. The van der Waals surface area contributed by atoms with Crippen LogP contribution in [0, 0.1) is 11.6 Å². The van der Waals surface area contributed by atoms with Gasteiger partial charge in [-0.1, -0.05) is 0 Å². The summed E-state index contributed by atoms with van der Waals surface area (Å²) in [7, 11) is -2.35. The lowest BCUT2D eigenvalue weighted by Crippen LogP contribution is -2.35. The predicted octanol–water partition coefficient (Wildman–Crippen LogP) is 1.05. The molecule has 1 fully saturated rings. The van der Waals surface area contributed by atoms with Crippen molar-refractivity contribution in [2.24, 2.45) is 0 Å². The summed E-state index contributed by atoms with van der Waals surface area (Å²) in [6.07, 6.45) is -0.873. The van der Waals surface area contributed by atoms with Gasteiger partial charge in [0.2, 0.25) is 10.0 Å². The van der Waals surface area contributed by atoms with Gasteiger partial charge in [-0.25, -0.2) is 17.2 Å². The molecule has 0 unspecified atom stereocenters. The van der Waals surface area contributed by atoms with E-state index in [0.717, 1.165) is 22.5 Å². The van der Waals surface area contributed by atoms with Gasteiger partial charge in [-0.2, -0.15) is 4.31 Å². The molecule has 0 aliphatic carbocycles. The number of rotatable bonds is 5. The molecular formula is C13H17F2NO4S. The second-order valence-electron chi connectivity index (χ2n) is 4.95. The molecule has 2 atom stereocenters. The van der Waals surface area contributed by atoms with Crippen molar-refractivity contribution < 1.29 is 27.0 Å². The maximum absolute atomic E-state index is 13.9. The van der Waals surface area contributed by atoms with E-state index in [-0.39, 0.29) is 30.9 Å². The van der Waals surface area contributed by atoms with Crippen molar-refractivity contribution in [2.75, 3.05) is 26.0 Å². The molecule has 1 N–H and O–H groups in total. The molecule has 118 valence electrons. The molecule has 1 heterocycles. The summed E-state index contributed by atoms with van der Waals surface area (Å²) in [5.74, 6) is -1.62. The molecule has 0 radical (unpaired) electrons. The van der Waals surface area contributed by atoms with Gasteiger partial charge in [0, 0.05) is 19.2 Å². The number of aliphatic hydroxyl groups is 1. The van der Waals surface area contributed by atoms with Crippen molar-refractivity contribution in [3.05, 3.63) is 35.4 Å². The molecule has 0 amide bonds. The lowest BCUT2D eigenvalue weighted by Gasteiger charge is -2.24. The van der Waals surface area contributed by atoms with Crippen LogP contribution in [0.5, 0.6) is 0 Å². The van der Waals surface area contributed by atoms with Crippen molar-refractivity contribution in [1.82, 2.24) is 4.31 Å². The first-order valence-electron chi connectivity index (χ1n) is 6.46. The third-order valence-corrected chi connectivity index (χ3v) is 5.25. The Kier molecular flexibility index (Phi) is 4.92. The summed E-state index contributed by atoms with van der Waals surface area (Å²) < 4.78 is 57.4. The number of methoxy groups -OCH3 is 1. The molecule has 1 saturated heterocycles. The fraction of sp³-hybridized carbons (Fsp3) is 0.538. The Morgan fingerprint density at radius 2 is 2.14 bits per heavy atom. The molecule has 1 aliphatic rings. The minimum atomic E-state index is -3.72. The maximum Gasteiger partial charge on any atom is 0.217 e. The van der Waals surface area contributed by atoms with Crippen LogP contribution >= 0.6 is 0 Å². The maximum atomic E-state index is 13.9. The standard InChI is InChI=1S/C13H17F2NO4S/c1-20-4-5-21(18,19)16-8-10(17)7-13(16)11-6-9(14)2-3-12(11)15/h2-3,6,10,13,17H,4-5,7-8H2,1H3/t10-,13+/m0/s1. The Labute approximate surface area is 122 Å². The summed E-state index contributed by atoms with van der Waals surface area (Å²) in [4.78, 5) is 0. The minimum Gasteiger partial charge on any atom is -0.392 e. The predicted molar refractivity (Wildman–Crippen MR) is 72.1 cm³/mol. The Morgan fingerprint density at radius 3 is 2.81 bits per heavy atom. The van der Waals surface area contributed by atoms with Crippen LogP contribution < -0.4 is 0 Å². The van der Waals surface area contributed by atoms with E-state index in [0.29, 0.717) is 0 Å². The van der Waals surface area contributed by atoms with E-state index in [4.69, 9.17) is 4.74 Å². The van der Waals surface area contributed by atoms with Crippen molar-refractivity contribution in [3.8, 4) is 0 Å². The molecular weight excluding hydrogens is 304 g/mol. The van der Waals surface area contributed by atoms with E-state index in [2.05, 4.69) is 0 Å². The van der Waals surface area contributed by atoms with Crippen LogP contribution in [0.3, 0.4) is 0 Å². The Morgan fingerprint density at radius 1 is 1.43 bits per heavy atom. The number of sulfonamides is 1. The molecule has 21 heavy (non-hydrogen) atoms. The van der Waals surface area contributed by atoms with Gasteiger partial charge in [0.15, 0.2) is 0 Å². The highest BCUT2D eigenvalue weighted by Crippen LogP contribution is 2.36. The van der Waals surface area contributed by atoms with Gasteiger partial charge in [0.25, 0.3) is 0 Å². The molecule has 1 aromatic carbocycles. The number of hydrogen-bond acceptors (Lipinski definition) is 4. The summed E-state index contributed by atoms with van der Waals surface area (Å²) in [5.41, 5.74) is -0.0625. The number of hydrogen-bond donors (Lipinski definition) is 1. The molecule has 2 rings (SSSR count). The monoisotopic (exact) mass is 321 g/mol. The molecule has 0 bridgehead atoms. The summed E-state index contributed by atoms with van der Waals surface area (Å²) in [6.45, 7) is -0.139. The van der Waals surface area contributed by atoms with Crippen LogP contribution in [0.4, 0.5) is 8.78 Å². The number of benzene rings is 1. The van der Waals surface area contributed by atoms with Crippen molar-refractivity contribution in [2.45, 2.75) is 18.6 Å². The SMILES string of the molecule is COCCS(=O)(=O)N1C[C@@H](O)C[C@@H]1c1cc(F)ccc1F. The number of nitrogens with zero attached hydrogens (tertiary/aromatic N) is 1. The quantitative estimate of drug-likeness (QED) is 0.880. The van der Waals surface area contributed by atoms with Gasteiger partial charge in [-0.3, -0.25) is 0 Å². The third kappa shape index (κ3) is 3.57. The number of halogens is 2. The molecule has 0 spiro atoms. The van der Waals surface area contributed by atoms with Crippen LogP contribution in [0.2, 0.25) is 0 Å². The zero-order valence-electron chi connectivity index (χ0n) is 11.5. The Hall–Kier alpha value is -1.09. The van der Waals surface area contributed by atoms with Crippen LogP contribution in [0.1, 0.15) is 18.0 Å². The molecule has 5 nitrogen and oxygen atoms in total. The van der Waals surface area contributed by atoms with E-state index >= 15 is 0 Å². The lowest BCUT2D eigenvalue weighted by atomic mass is 10.0. The van der Waals surface area contributed by atoms with E-state index < -0.39 is 33.8 Å². The summed E-state index contributed by atoms with van der Waals surface area (Å²) >= 11 is 0. The second-order valence-corrected chi connectivity index (χ2v) is 6.99. The van der Waals surface area contributed by atoms with Crippen molar-refractivity contribution in [1.29, 1.82) is 0 Å². The van der Waals surface area contributed by atoms with E-state index in [1.54, 1.807) is 0 Å². The summed E-state index contributed by atoms with van der Waals surface area (Å²) in [6, 6.07) is 1.98. The molecule has 8 heteroatoms. The number of ether oxygens (including phenoxy) is 1. The number of β-amino-alcohol motifs (C(OH)–C–C–N with tert-alkyl or cyclic N) is 1.